The number of likely N-dealkylation sites (tertiary alicyclic amines) is 2. The summed E-state index contributed by atoms with van der Waals surface area (Å²) in [6.45, 7) is 13.2. The van der Waals surface area contributed by atoms with Crippen molar-refractivity contribution in [3.63, 3.8) is 0 Å². The Hall–Kier alpha value is -2.50. The van der Waals surface area contributed by atoms with Crippen molar-refractivity contribution in [2.75, 3.05) is 37.4 Å². The Kier molecular flexibility index (Phi) is 11.8. The molecule has 3 saturated heterocycles. The average Bonchev–Trinajstić information content (AvgIpc) is 3.81. The number of hydrogen-bond acceptors (Lipinski definition) is 9. The summed E-state index contributed by atoms with van der Waals surface area (Å²) in [6, 6.07) is 4.73. The molecule has 42 heavy (non-hydrogen) atoms. The minimum absolute atomic E-state index is 0.0790. The van der Waals surface area contributed by atoms with Gasteiger partial charge < -0.3 is 20.9 Å². The molecule has 1 aromatic rings. The minimum Gasteiger partial charge on any atom is -0.401 e. The highest BCUT2D eigenvalue weighted by Crippen LogP contribution is 2.35. The lowest BCUT2D eigenvalue weighted by molar-refractivity contribution is -0.134. The fourth-order valence-electron chi connectivity index (χ4n) is 5.99. The number of piperazine rings is 1. The van der Waals surface area contributed by atoms with E-state index in [4.69, 9.17) is 5.73 Å². The van der Waals surface area contributed by atoms with Crippen LogP contribution in [0.3, 0.4) is 0 Å². The van der Waals surface area contributed by atoms with E-state index in [9.17, 15) is 9.59 Å². The summed E-state index contributed by atoms with van der Waals surface area (Å²) in [4.78, 5) is 41.7. The molecule has 0 spiro atoms. The first-order valence-corrected chi connectivity index (χ1v) is 16.8. The van der Waals surface area contributed by atoms with Crippen LogP contribution in [0.25, 0.3) is 0 Å². The Balaban J connectivity index is 0.00000129. The smallest absolute Gasteiger partial charge is 0.256 e. The number of aromatic nitrogens is 1. The van der Waals surface area contributed by atoms with Gasteiger partial charge >= 0.3 is 0 Å². The molecule has 0 aromatic carbocycles. The van der Waals surface area contributed by atoms with Crippen LogP contribution < -0.4 is 11.1 Å². The third-order valence-corrected chi connectivity index (χ3v) is 9.58. The van der Waals surface area contributed by atoms with Gasteiger partial charge in [-0.05, 0) is 69.7 Å². The van der Waals surface area contributed by atoms with E-state index in [1.165, 1.54) is 18.2 Å². The van der Waals surface area contributed by atoms with E-state index in [0.29, 0.717) is 51.4 Å². The maximum atomic E-state index is 13.5. The van der Waals surface area contributed by atoms with Crippen LogP contribution in [0.5, 0.6) is 0 Å². The molecule has 230 valence electrons. The molecular formula is C31H47N7O2S2. The van der Waals surface area contributed by atoms with Gasteiger partial charge in [-0.1, -0.05) is 20.3 Å². The second-order valence-electron chi connectivity index (χ2n) is 11.7. The summed E-state index contributed by atoms with van der Waals surface area (Å²) in [6.07, 6.45) is 9.26. The third kappa shape index (κ3) is 8.11. The Morgan fingerprint density at radius 1 is 1.12 bits per heavy atom. The molecule has 3 aliphatic heterocycles. The van der Waals surface area contributed by atoms with E-state index in [0.717, 1.165) is 64.7 Å². The maximum Gasteiger partial charge on any atom is 0.256 e. The molecule has 0 radical (unpaired) electrons. The van der Waals surface area contributed by atoms with Gasteiger partial charge in [-0.25, -0.2) is 4.98 Å². The van der Waals surface area contributed by atoms with Crippen LogP contribution in [-0.4, -0.2) is 88.4 Å². The predicted molar refractivity (Wildman–Crippen MR) is 177 cm³/mol. The molecular weight excluding hydrogens is 567 g/mol. The summed E-state index contributed by atoms with van der Waals surface area (Å²) in [5, 5.41) is 5.10. The van der Waals surface area contributed by atoms with Gasteiger partial charge in [0.05, 0.1) is 17.1 Å². The zero-order valence-electron chi connectivity index (χ0n) is 25.3. The molecule has 11 heteroatoms. The number of carbonyl (C=O) groups is 2. The van der Waals surface area contributed by atoms with Gasteiger partial charge in [0.25, 0.3) is 5.91 Å². The number of piperidine rings is 1. The molecule has 3 N–H and O–H groups in total. The third-order valence-electron chi connectivity index (χ3n) is 8.29. The fraction of sp³-hybridized carbons (Fsp3) is 0.613. The number of thioether (sulfide) groups is 1. The molecule has 2 bridgehead atoms. The second-order valence-corrected chi connectivity index (χ2v) is 13.0. The summed E-state index contributed by atoms with van der Waals surface area (Å²) in [5.74, 6) is 2.03. The Morgan fingerprint density at radius 3 is 2.29 bits per heavy atom. The molecule has 5 rings (SSSR count). The Bertz CT molecular complexity index is 1140. The number of anilines is 1. The number of nitrogens with zero attached hydrogens (tertiary/aromatic N) is 5. The van der Waals surface area contributed by atoms with Gasteiger partial charge in [-0.2, -0.15) is 0 Å². The van der Waals surface area contributed by atoms with Crippen molar-refractivity contribution in [2.24, 2.45) is 16.6 Å². The summed E-state index contributed by atoms with van der Waals surface area (Å²) >= 11 is 5.87. The first-order chi connectivity index (χ1) is 20.3. The number of carbonyl (C=O) groups excluding carboxylic acids is 2. The number of nitrogens with two attached hydrogens (primary N) is 1. The summed E-state index contributed by atoms with van der Waals surface area (Å²) < 4.78 is 0. The van der Waals surface area contributed by atoms with Crippen molar-refractivity contribution in [1.29, 1.82) is 0 Å². The predicted octanol–water partition coefficient (Wildman–Crippen LogP) is 4.95. The van der Waals surface area contributed by atoms with Crippen molar-refractivity contribution < 1.29 is 9.59 Å². The molecule has 0 unspecified atom stereocenters. The van der Waals surface area contributed by atoms with Crippen molar-refractivity contribution >= 4 is 48.7 Å². The highest BCUT2D eigenvalue weighted by Gasteiger charge is 2.45. The summed E-state index contributed by atoms with van der Waals surface area (Å²) in [5.41, 5.74) is 7.63. The number of aliphatic imine (C=N–C) groups is 1. The van der Waals surface area contributed by atoms with E-state index in [2.05, 4.69) is 63.2 Å². The van der Waals surface area contributed by atoms with Gasteiger partial charge in [0.2, 0.25) is 5.91 Å². The molecule has 1 saturated carbocycles. The SMILES string of the molecule is C=NC(=C\SCNc1ccc(C(=O)N2[C@@H]3CC[C@H]2CN(C2CCN(C(=O)C4CC4)CC2)C3)cn1)/C(S)=C(\C)N.CCC. The average molecular weight is 614 g/mol. The molecule has 1 aliphatic carbocycles. The molecule has 2 atom stereocenters. The van der Waals surface area contributed by atoms with Crippen LogP contribution >= 0.6 is 24.4 Å². The van der Waals surface area contributed by atoms with E-state index in [1.54, 1.807) is 13.1 Å². The molecule has 9 nitrogen and oxygen atoms in total. The lowest BCUT2D eigenvalue weighted by Gasteiger charge is -2.46. The van der Waals surface area contributed by atoms with E-state index >= 15 is 0 Å². The maximum absolute atomic E-state index is 13.5. The number of pyridine rings is 1. The standard InChI is InChI=1S/C28H39N7O2S2.C3H8/c1-18(29)26(38)24(30-2)16-39-17-32-25-8-5-20(13-31-25)28(37)35-22-6-7-23(35)15-34(14-22)21-9-11-33(12-10-21)27(36)19-3-4-19;1-3-2/h5,8,13,16,19,21-23,38H,2-4,6-7,9-12,14-15,17,29H2,1H3,(H,31,32);3H2,1-2H3/b24-16-,26-18-;/t22-,23+;. The summed E-state index contributed by atoms with van der Waals surface area (Å²) in [7, 11) is 0. The number of rotatable bonds is 9. The number of thiol groups is 1. The van der Waals surface area contributed by atoms with Gasteiger partial charge in [0.1, 0.15) is 5.82 Å². The minimum atomic E-state index is 0.0790. The van der Waals surface area contributed by atoms with Gasteiger partial charge in [0.15, 0.2) is 0 Å². The highest BCUT2D eigenvalue weighted by molar-refractivity contribution is 8.02. The van der Waals surface area contributed by atoms with Gasteiger partial charge in [-0.3, -0.25) is 19.5 Å². The van der Waals surface area contributed by atoms with Crippen LogP contribution in [0.15, 0.2) is 45.0 Å². The lowest BCUT2D eigenvalue weighted by atomic mass is 10.00. The van der Waals surface area contributed by atoms with Crippen molar-refractivity contribution in [3.05, 3.63) is 45.6 Å². The Labute approximate surface area is 260 Å². The molecule has 4 fully saturated rings. The topological polar surface area (TPSA) is 107 Å². The zero-order chi connectivity index (χ0) is 30.2. The molecule has 4 heterocycles. The van der Waals surface area contributed by atoms with E-state index in [-0.39, 0.29) is 18.0 Å². The van der Waals surface area contributed by atoms with Crippen LogP contribution in [0.4, 0.5) is 5.82 Å². The van der Waals surface area contributed by atoms with Gasteiger partial charge in [-0.15, -0.1) is 24.4 Å². The number of allylic oxidation sites excluding steroid dienone is 1. The number of nitrogens with one attached hydrogen (secondary N) is 1. The quantitative estimate of drug-likeness (QED) is 0.119. The van der Waals surface area contributed by atoms with Crippen LogP contribution in [0.1, 0.15) is 76.1 Å². The number of fused-ring (bicyclic) bond motifs is 2. The number of amides is 2. The zero-order valence-corrected chi connectivity index (χ0v) is 27.0. The van der Waals surface area contributed by atoms with Crippen LogP contribution in [-0.2, 0) is 4.79 Å². The molecule has 1 aromatic heterocycles. The fourth-order valence-corrected chi connectivity index (χ4v) is 6.87. The van der Waals surface area contributed by atoms with E-state index in [1.807, 2.05) is 17.5 Å². The first-order valence-electron chi connectivity index (χ1n) is 15.3. The Morgan fingerprint density at radius 2 is 1.76 bits per heavy atom. The highest BCUT2D eigenvalue weighted by atomic mass is 32.2. The first kappa shape index (κ1) is 32.4. The van der Waals surface area contributed by atoms with Crippen LogP contribution in [0.2, 0.25) is 0 Å². The van der Waals surface area contributed by atoms with Crippen molar-refractivity contribution in [2.45, 2.75) is 83.8 Å². The lowest BCUT2D eigenvalue weighted by Crippen LogP contribution is -2.59. The monoisotopic (exact) mass is 613 g/mol. The van der Waals surface area contributed by atoms with Crippen molar-refractivity contribution in [1.82, 2.24) is 19.7 Å². The second kappa shape index (κ2) is 15.3. The largest absolute Gasteiger partial charge is 0.401 e. The normalized spacial score (nSPS) is 23.6. The van der Waals surface area contributed by atoms with E-state index < -0.39 is 0 Å². The van der Waals surface area contributed by atoms with Gasteiger partial charge in [0, 0.05) is 67.0 Å². The van der Waals surface area contributed by atoms with Crippen molar-refractivity contribution in [3.8, 4) is 0 Å². The number of hydrogen-bond donors (Lipinski definition) is 3. The molecule has 2 amide bonds. The molecule has 4 aliphatic rings. The van der Waals surface area contributed by atoms with Crippen LogP contribution in [0, 0.1) is 5.92 Å².